The van der Waals surface area contributed by atoms with Gasteiger partial charge in [0.05, 0.1) is 17.4 Å². The Kier molecular flexibility index (Phi) is 3.30. The predicted octanol–water partition coefficient (Wildman–Crippen LogP) is 3.19. The van der Waals surface area contributed by atoms with Gasteiger partial charge in [-0.3, -0.25) is 15.6 Å². The summed E-state index contributed by atoms with van der Waals surface area (Å²) in [4.78, 5) is 15.6. The van der Waals surface area contributed by atoms with Crippen molar-refractivity contribution in [2.75, 3.05) is 5.43 Å². The molecule has 3 rings (SSSR count). The van der Waals surface area contributed by atoms with Gasteiger partial charge in [-0.25, -0.2) is 4.98 Å². The smallest absolute Gasteiger partial charge is 0.271 e. The van der Waals surface area contributed by atoms with E-state index in [-0.39, 0.29) is 5.91 Å². The van der Waals surface area contributed by atoms with Crippen molar-refractivity contribution in [3.8, 4) is 0 Å². The molecular formula is C14H10FN3OS. The van der Waals surface area contributed by atoms with E-state index in [2.05, 4.69) is 15.8 Å². The lowest BCUT2D eigenvalue weighted by molar-refractivity contribution is 0.0964. The Balaban J connectivity index is 1.75. The van der Waals surface area contributed by atoms with E-state index in [1.807, 2.05) is 29.6 Å². The first-order valence-electron chi connectivity index (χ1n) is 5.88. The number of pyridine rings is 1. The lowest BCUT2D eigenvalue weighted by Crippen LogP contribution is -2.29. The van der Waals surface area contributed by atoms with Gasteiger partial charge in [-0.2, -0.15) is 4.39 Å². The van der Waals surface area contributed by atoms with Crippen LogP contribution in [0.4, 0.5) is 10.1 Å². The summed E-state index contributed by atoms with van der Waals surface area (Å²) in [6.07, 6.45) is 1.31. The number of anilines is 1. The molecule has 0 fully saturated rings. The fraction of sp³-hybridized carbons (Fsp3) is 0. The van der Waals surface area contributed by atoms with E-state index < -0.39 is 5.95 Å². The van der Waals surface area contributed by atoms with Gasteiger partial charge in [0.1, 0.15) is 0 Å². The lowest BCUT2D eigenvalue weighted by Gasteiger charge is -2.07. The minimum Gasteiger partial charge on any atom is -0.297 e. The average molecular weight is 287 g/mol. The Hall–Kier alpha value is -2.47. The number of hydrazine groups is 1. The molecule has 0 aliphatic heterocycles. The number of hydrogen-bond acceptors (Lipinski definition) is 4. The molecule has 2 N–H and O–H groups in total. The predicted molar refractivity (Wildman–Crippen MR) is 77.1 cm³/mol. The molecule has 6 heteroatoms. The first-order valence-corrected chi connectivity index (χ1v) is 6.76. The van der Waals surface area contributed by atoms with E-state index in [4.69, 9.17) is 0 Å². The van der Waals surface area contributed by atoms with E-state index >= 15 is 0 Å². The maximum atomic E-state index is 12.7. The van der Waals surface area contributed by atoms with Crippen LogP contribution < -0.4 is 10.9 Å². The number of nitrogens with one attached hydrogen (secondary N) is 2. The van der Waals surface area contributed by atoms with Gasteiger partial charge in [0.25, 0.3) is 5.91 Å². The largest absolute Gasteiger partial charge is 0.297 e. The molecule has 0 saturated carbocycles. The van der Waals surface area contributed by atoms with Crippen LogP contribution in [0.15, 0.2) is 48.0 Å². The summed E-state index contributed by atoms with van der Waals surface area (Å²) in [6, 6.07) is 10.4. The molecule has 0 spiro atoms. The summed E-state index contributed by atoms with van der Waals surface area (Å²) in [5.74, 6) is -0.808. The van der Waals surface area contributed by atoms with Crippen LogP contribution in [0.3, 0.4) is 0 Å². The molecule has 0 atom stereocenters. The van der Waals surface area contributed by atoms with E-state index in [1.54, 1.807) is 0 Å². The second-order valence-electron chi connectivity index (χ2n) is 4.09. The van der Waals surface area contributed by atoms with Crippen molar-refractivity contribution in [3.63, 3.8) is 0 Å². The molecule has 3 aromatic rings. The zero-order chi connectivity index (χ0) is 13.9. The van der Waals surface area contributed by atoms with Gasteiger partial charge in [-0.05, 0) is 18.2 Å². The van der Waals surface area contributed by atoms with Gasteiger partial charge in [-0.1, -0.05) is 18.2 Å². The van der Waals surface area contributed by atoms with E-state index in [1.165, 1.54) is 29.7 Å². The fourth-order valence-electron chi connectivity index (χ4n) is 1.80. The quantitative estimate of drug-likeness (QED) is 0.574. The highest BCUT2D eigenvalue weighted by atomic mass is 32.1. The highest BCUT2D eigenvalue weighted by molar-refractivity contribution is 7.17. The molecule has 0 radical (unpaired) electrons. The highest BCUT2D eigenvalue weighted by Crippen LogP contribution is 2.25. The topological polar surface area (TPSA) is 54.0 Å². The SMILES string of the molecule is O=C(NNc1ccc(F)nc1)c1csc2ccccc12. The summed E-state index contributed by atoms with van der Waals surface area (Å²) in [5.41, 5.74) is 6.39. The van der Waals surface area contributed by atoms with Crippen molar-refractivity contribution in [1.82, 2.24) is 10.4 Å². The lowest BCUT2D eigenvalue weighted by atomic mass is 10.2. The second-order valence-corrected chi connectivity index (χ2v) is 5.01. The molecule has 0 saturated heterocycles. The number of amides is 1. The Labute approximate surface area is 118 Å². The number of fused-ring (bicyclic) bond motifs is 1. The van der Waals surface area contributed by atoms with Crippen molar-refractivity contribution < 1.29 is 9.18 Å². The fourth-order valence-corrected chi connectivity index (χ4v) is 2.74. The van der Waals surface area contributed by atoms with E-state index in [9.17, 15) is 9.18 Å². The minimum absolute atomic E-state index is 0.244. The zero-order valence-corrected chi connectivity index (χ0v) is 11.1. The Bertz CT molecular complexity index is 754. The van der Waals surface area contributed by atoms with Crippen molar-refractivity contribution in [2.45, 2.75) is 0 Å². The van der Waals surface area contributed by atoms with Crippen LogP contribution in [0.2, 0.25) is 0 Å². The third-order valence-electron chi connectivity index (χ3n) is 2.77. The normalized spacial score (nSPS) is 10.4. The number of halogens is 1. The molecule has 0 unspecified atom stereocenters. The number of hydrogen-bond donors (Lipinski definition) is 2. The summed E-state index contributed by atoms with van der Waals surface area (Å²) in [7, 11) is 0. The highest BCUT2D eigenvalue weighted by Gasteiger charge is 2.11. The van der Waals surface area contributed by atoms with Crippen LogP contribution >= 0.6 is 11.3 Å². The number of carbonyl (C=O) groups is 1. The molecule has 2 aromatic heterocycles. The van der Waals surface area contributed by atoms with E-state index in [0.717, 1.165) is 10.1 Å². The number of thiophene rings is 1. The van der Waals surface area contributed by atoms with Crippen LogP contribution in [0.25, 0.3) is 10.1 Å². The number of carbonyl (C=O) groups excluding carboxylic acids is 1. The second kappa shape index (κ2) is 5.26. The monoisotopic (exact) mass is 287 g/mol. The Morgan fingerprint density at radius 1 is 1.20 bits per heavy atom. The Morgan fingerprint density at radius 2 is 2.05 bits per heavy atom. The van der Waals surface area contributed by atoms with Gasteiger partial charge < -0.3 is 0 Å². The van der Waals surface area contributed by atoms with Gasteiger partial charge in [0.15, 0.2) is 0 Å². The standard InChI is InChI=1S/C14H10FN3OS/c15-13-6-5-9(7-16-13)17-18-14(19)11-8-20-12-4-2-1-3-10(11)12/h1-8,17H,(H,18,19). The third-order valence-corrected chi connectivity index (χ3v) is 3.74. The van der Waals surface area contributed by atoms with Crippen LogP contribution in [0.1, 0.15) is 10.4 Å². The van der Waals surface area contributed by atoms with Crippen LogP contribution in [0.5, 0.6) is 0 Å². The molecule has 2 heterocycles. The number of nitrogens with zero attached hydrogens (tertiary/aromatic N) is 1. The molecule has 0 aliphatic carbocycles. The molecule has 100 valence electrons. The van der Waals surface area contributed by atoms with Gasteiger partial charge in [0.2, 0.25) is 5.95 Å². The summed E-state index contributed by atoms with van der Waals surface area (Å²) in [5, 5.41) is 2.72. The molecule has 1 amide bonds. The van der Waals surface area contributed by atoms with Crippen LogP contribution in [0, 0.1) is 5.95 Å². The summed E-state index contributed by atoms with van der Waals surface area (Å²) in [6.45, 7) is 0. The summed E-state index contributed by atoms with van der Waals surface area (Å²) >= 11 is 1.52. The van der Waals surface area contributed by atoms with Crippen LogP contribution in [-0.4, -0.2) is 10.9 Å². The van der Waals surface area contributed by atoms with Gasteiger partial charge in [-0.15, -0.1) is 11.3 Å². The van der Waals surface area contributed by atoms with Crippen molar-refractivity contribution in [3.05, 3.63) is 59.5 Å². The maximum Gasteiger partial charge on any atom is 0.271 e. The molecule has 1 aromatic carbocycles. The molecule has 0 bridgehead atoms. The molecule has 0 aliphatic rings. The van der Waals surface area contributed by atoms with Crippen molar-refractivity contribution in [2.24, 2.45) is 0 Å². The number of benzene rings is 1. The van der Waals surface area contributed by atoms with Gasteiger partial charge >= 0.3 is 0 Å². The number of aromatic nitrogens is 1. The third kappa shape index (κ3) is 2.46. The molecule has 20 heavy (non-hydrogen) atoms. The van der Waals surface area contributed by atoms with Crippen LogP contribution in [-0.2, 0) is 0 Å². The summed E-state index contributed by atoms with van der Waals surface area (Å²) < 4.78 is 13.7. The molecule has 4 nitrogen and oxygen atoms in total. The van der Waals surface area contributed by atoms with Gasteiger partial charge in [0, 0.05) is 15.5 Å². The Morgan fingerprint density at radius 3 is 2.85 bits per heavy atom. The zero-order valence-electron chi connectivity index (χ0n) is 10.3. The average Bonchev–Trinajstić information content (AvgIpc) is 2.90. The first-order chi connectivity index (χ1) is 9.74. The number of rotatable bonds is 3. The van der Waals surface area contributed by atoms with E-state index in [0.29, 0.717) is 11.3 Å². The van der Waals surface area contributed by atoms with Crippen molar-refractivity contribution >= 4 is 33.0 Å². The van der Waals surface area contributed by atoms with Crippen molar-refractivity contribution in [1.29, 1.82) is 0 Å². The molecular weight excluding hydrogens is 277 g/mol. The maximum absolute atomic E-state index is 12.7. The minimum atomic E-state index is -0.564. The first kappa shape index (κ1) is 12.6.